The van der Waals surface area contributed by atoms with Gasteiger partial charge in [0.15, 0.2) is 0 Å². The maximum atomic E-state index is 13.5. The number of nitrogens with zero attached hydrogens (tertiary/aromatic N) is 5. The van der Waals surface area contributed by atoms with Crippen molar-refractivity contribution in [3.8, 4) is 0 Å². The van der Waals surface area contributed by atoms with Gasteiger partial charge in [-0.1, -0.05) is 6.07 Å². The molecule has 1 amide bonds. The molecule has 3 aromatic rings. The van der Waals surface area contributed by atoms with Gasteiger partial charge in [0.25, 0.3) is 11.8 Å². The number of fused-ring (bicyclic) bond motifs is 2. The van der Waals surface area contributed by atoms with Gasteiger partial charge in [-0.25, -0.2) is 23.7 Å². The Morgan fingerprint density at radius 3 is 2.82 bits per heavy atom. The zero-order chi connectivity index (χ0) is 22.9. The first-order valence-corrected chi connectivity index (χ1v) is 12.0. The number of imidazole rings is 1. The van der Waals surface area contributed by atoms with Gasteiger partial charge in [-0.05, 0) is 31.4 Å². The smallest absolute Gasteiger partial charge is 0.263 e. The van der Waals surface area contributed by atoms with E-state index in [-0.39, 0.29) is 11.9 Å². The lowest BCUT2D eigenvalue weighted by atomic mass is 10.1. The van der Waals surface area contributed by atoms with Gasteiger partial charge in [0.1, 0.15) is 10.7 Å². The van der Waals surface area contributed by atoms with E-state index in [2.05, 4.69) is 20.3 Å². The van der Waals surface area contributed by atoms with Gasteiger partial charge in [0, 0.05) is 37.9 Å². The minimum Gasteiger partial charge on any atom is -0.356 e. The fraction of sp³-hybridized carbons (Fsp3) is 0.478. The molecular formula is C23H24F2N6OS. The second-order valence-electron chi connectivity index (χ2n) is 9.25. The summed E-state index contributed by atoms with van der Waals surface area (Å²) in [6, 6.07) is 3.83. The monoisotopic (exact) mass is 470 g/mol. The Bertz CT molecular complexity index is 1240. The summed E-state index contributed by atoms with van der Waals surface area (Å²) in [4.78, 5) is 28.8. The van der Waals surface area contributed by atoms with Crippen LogP contribution in [0.15, 0.2) is 24.7 Å². The average molecular weight is 471 g/mol. The van der Waals surface area contributed by atoms with E-state index in [4.69, 9.17) is 0 Å². The molecule has 0 aromatic carbocycles. The molecule has 2 fully saturated rings. The molecule has 33 heavy (non-hydrogen) atoms. The van der Waals surface area contributed by atoms with Gasteiger partial charge in [0.05, 0.1) is 41.1 Å². The molecule has 3 aliphatic rings. The highest BCUT2D eigenvalue weighted by molar-refractivity contribution is 7.13. The van der Waals surface area contributed by atoms with E-state index in [1.807, 2.05) is 35.6 Å². The number of halogens is 2. The molecular weight excluding hydrogens is 446 g/mol. The van der Waals surface area contributed by atoms with Gasteiger partial charge < -0.3 is 14.8 Å². The van der Waals surface area contributed by atoms with Crippen molar-refractivity contribution in [2.75, 3.05) is 18.0 Å². The summed E-state index contributed by atoms with van der Waals surface area (Å²) in [5, 5.41) is 3.93. The SMILES string of the molecule is Cc1nc(N2CC3C(C2)C3(F)F)ccc1Cc1ncc(C(=O)N[C@@H]2CCc3c2ncn3C)s1. The number of aromatic nitrogens is 4. The quantitative estimate of drug-likeness (QED) is 0.619. The van der Waals surface area contributed by atoms with Crippen molar-refractivity contribution in [3.05, 3.63) is 57.2 Å². The first-order chi connectivity index (χ1) is 15.8. The predicted molar refractivity (Wildman–Crippen MR) is 120 cm³/mol. The zero-order valence-corrected chi connectivity index (χ0v) is 19.2. The number of alkyl halides is 2. The highest BCUT2D eigenvalue weighted by atomic mass is 32.1. The van der Waals surface area contributed by atoms with Crippen LogP contribution in [0.25, 0.3) is 0 Å². The van der Waals surface area contributed by atoms with Crippen LogP contribution in [0, 0.1) is 18.8 Å². The van der Waals surface area contributed by atoms with Crippen molar-refractivity contribution in [1.29, 1.82) is 0 Å². The Labute approximate surface area is 193 Å². The third-order valence-electron chi connectivity index (χ3n) is 7.22. The fourth-order valence-electron chi connectivity index (χ4n) is 5.15. The molecule has 6 rings (SSSR count). The summed E-state index contributed by atoms with van der Waals surface area (Å²) in [6.45, 7) is 2.67. The molecule has 3 atom stereocenters. The molecule has 1 saturated heterocycles. The summed E-state index contributed by atoms with van der Waals surface area (Å²) < 4.78 is 28.9. The van der Waals surface area contributed by atoms with Crippen molar-refractivity contribution in [2.24, 2.45) is 18.9 Å². The Kier molecular flexibility index (Phi) is 4.59. The molecule has 3 aromatic heterocycles. The number of piperidine rings is 1. The van der Waals surface area contributed by atoms with Crippen molar-refractivity contribution in [3.63, 3.8) is 0 Å². The molecule has 2 aliphatic carbocycles. The van der Waals surface area contributed by atoms with Gasteiger partial charge in [-0.2, -0.15) is 0 Å². The molecule has 2 unspecified atom stereocenters. The molecule has 1 aliphatic heterocycles. The number of hydrogen-bond donors (Lipinski definition) is 1. The molecule has 0 bridgehead atoms. The van der Waals surface area contributed by atoms with Crippen molar-refractivity contribution >= 4 is 23.1 Å². The molecule has 0 spiro atoms. The van der Waals surface area contributed by atoms with Crippen LogP contribution >= 0.6 is 11.3 Å². The number of carbonyl (C=O) groups is 1. The predicted octanol–water partition coefficient (Wildman–Crippen LogP) is 3.29. The lowest BCUT2D eigenvalue weighted by Gasteiger charge is -2.21. The molecule has 4 heterocycles. The van der Waals surface area contributed by atoms with Crippen molar-refractivity contribution in [2.45, 2.75) is 38.2 Å². The summed E-state index contributed by atoms with van der Waals surface area (Å²) in [5.41, 5.74) is 4.01. The van der Waals surface area contributed by atoms with E-state index in [0.29, 0.717) is 24.4 Å². The van der Waals surface area contributed by atoms with E-state index < -0.39 is 17.8 Å². The van der Waals surface area contributed by atoms with Gasteiger partial charge in [-0.3, -0.25) is 4.79 Å². The van der Waals surface area contributed by atoms with Crippen LogP contribution in [-0.2, 0) is 19.9 Å². The Morgan fingerprint density at radius 1 is 1.27 bits per heavy atom. The lowest BCUT2D eigenvalue weighted by molar-refractivity contribution is 0.0796. The number of nitrogens with one attached hydrogen (secondary N) is 1. The summed E-state index contributed by atoms with van der Waals surface area (Å²) in [5.74, 6) is -2.90. The van der Waals surface area contributed by atoms with E-state index in [9.17, 15) is 13.6 Å². The van der Waals surface area contributed by atoms with Gasteiger partial charge in [0.2, 0.25) is 0 Å². The fourth-order valence-corrected chi connectivity index (χ4v) is 6.00. The highest BCUT2D eigenvalue weighted by Gasteiger charge is 2.71. The van der Waals surface area contributed by atoms with E-state index >= 15 is 0 Å². The van der Waals surface area contributed by atoms with E-state index in [1.165, 1.54) is 17.0 Å². The number of rotatable bonds is 5. The lowest BCUT2D eigenvalue weighted by Crippen LogP contribution is -2.28. The topological polar surface area (TPSA) is 75.9 Å². The number of carbonyl (C=O) groups excluding carboxylic acids is 1. The van der Waals surface area contributed by atoms with Gasteiger partial charge >= 0.3 is 0 Å². The molecule has 1 N–H and O–H groups in total. The molecule has 0 radical (unpaired) electrons. The minimum atomic E-state index is -2.49. The van der Waals surface area contributed by atoms with Crippen LogP contribution in [-0.4, -0.2) is 44.4 Å². The normalized spacial score (nSPS) is 24.6. The third-order valence-corrected chi connectivity index (χ3v) is 8.22. The molecule has 7 nitrogen and oxygen atoms in total. The first kappa shape index (κ1) is 20.7. The summed E-state index contributed by atoms with van der Waals surface area (Å²) in [7, 11) is 1.97. The number of amides is 1. The first-order valence-electron chi connectivity index (χ1n) is 11.2. The standard InChI is InChI=1S/C23H24F2N6OS/c1-12-13(3-6-19(28-12)31-9-14-15(10-31)23(14,24)25)7-20-26-8-18(33-20)22(32)29-16-4-5-17-21(16)27-11-30(17)2/h3,6,8,11,14-16H,4-5,7,9-10H2,1-2H3,(H,29,32)/t14?,15?,16-/m1/s1. The van der Waals surface area contributed by atoms with Crippen LogP contribution in [0.4, 0.5) is 14.6 Å². The zero-order valence-electron chi connectivity index (χ0n) is 18.4. The van der Waals surface area contributed by atoms with Crippen LogP contribution in [0.5, 0.6) is 0 Å². The second kappa shape index (κ2) is 7.31. The van der Waals surface area contributed by atoms with Crippen molar-refractivity contribution in [1.82, 2.24) is 24.8 Å². The maximum Gasteiger partial charge on any atom is 0.263 e. The summed E-state index contributed by atoms with van der Waals surface area (Å²) in [6.07, 6.45) is 5.76. The average Bonchev–Trinajstić information content (AvgIpc) is 3.41. The van der Waals surface area contributed by atoms with Crippen LogP contribution in [0.1, 0.15) is 49.8 Å². The number of pyridine rings is 1. The highest BCUT2D eigenvalue weighted by Crippen LogP contribution is 2.59. The second-order valence-corrected chi connectivity index (χ2v) is 10.4. The third kappa shape index (κ3) is 3.42. The van der Waals surface area contributed by atoms with Crippen molar-refractivity contribution < 1.29 is 13.6 Å². The number of thiazole rings is 1. The van der Waals surface area contributed by atoms with Crippen LogP contribution in [0.3, 0.4) is 0 Å². The molecule has 172 valence electrons. The minimum absolute atomic E-state index is 0.0604. The molecule has 1 saturated carbocycles. The Morgan fingerprint density at radius 2 is 2.06 bits per heavy atom. The van der Waals surface area contributed by atoms with Crippen LogP contribution in [0.2, 0.25) is 0 Å². The number of aryl methyl sites for hydroxylation is 2. The number of anilines is 1. The van der Waals surface area contributed by atoms with E-state index in [1.54, 1.807) is 12.5 Å². The van der Waals surface area contributed by atoms with Gasteiger partial charge in [-0.15, -0.1) is 11.3 Å². The summed E-state index contributed by atoms with van der Waals surface area (Å²) >= 11 is 1.38. The largest absolute Gasteiger partial charge is 0.356 e. The Balaban J connectivity index is 1.10. The maximum absolute atomic E-state index is 13.5. The Hall–Kier alpha value is -2.88. The van der Waals surface area contributed by atoms with Crippen LogP contribution < -0.4 is 10.2 Å². The molecule has 10 heteroatoms. The number of hydrogen-bond acceptors (Lipinski definition) is 6. The van der Waals surface area contributed by atoms with E-state index in [0.717, 1.165) is 40.6 Å².